The molecule has 0 aliphatic heterocycles. The maximum atomic E-state index is 12.2. The van der Waals surface area contributed by atoms with Gasteiger partial charge in [0.1, 0.15) is 5.75 Å². The lowest BCUT2D eigenvalue weighted by Gasteiger charge is -2.15. The molecule has 0 amide bonds. The van der Waals surface area contributed by atoms with Gasteiger partial charge >= 0.3 is 0 Å². The summed E-state index contributed by atoms with van der Waals surface area (Å²) in [5.74, 6) is 0.725. The number of methoxy groups -OCH3 is 1. The molecule has 1 atom stereocenters. The molecule has 2 aromatic rings. The van der Waals surface area contributed by atoms with Crippen LogP contribution in [-0.2, 0) is 0 Å². The normalized spacial score (nSPS) is 12.3. The van der Waals surface area contributed by atoms with E-state index in [9.17, 15) is 4.79 Å². The maximum Gasteiger partial charge on any atom is 0.182 e. The first-order valence-electron chi connectivity index (χ1n) is 6.89. The van der Waals surface area contributed by atoms with E-state index in [0.29, 0.717) is 5.56 Å². The third-order valence-corrected chi connectivity index (χ3v) is 3.83. The number of ketones is 1. The number of halogens is 1. The fourth-order valence-electron chi connectivity index (χ4n) is 2.57. The summed E-state index contributed by atoms with van der Waals surface area (Å²) in [6.45, 7) is 7.64. The van der Waals surface area contributed by atoms with Gasteiger partial charge in [-0.05, 0) is 51.5 Å². The molecule has 0 fully saturated rings. The highest BCUT2D eigenvalue weighted by Crippen LogP contribution is 2.29. The van der Waals surface area contributed by atoms with E-state index in [0.717, 1.165) is 28.4 Å². The zero-order chi connectivity index (χ0) is 15.7. The van der Waals surface area contributed by atoms with E-state index in [4.69, 9.17) is 16.3 Å². The monoisotopic (exact) mass is 305 g/mol. The van der Waals surface area contributed by atoms with Crippen LogP contribution in [0.25, 0.3) is 5.69 Å². The van der Waals surface area contributed by atoms with Gasteiger partial charge in [0.2, 0.25) is 0 Å². The SMILES string of the molecule is COc1ccc(C)cc1-n1c(C)cc(C(=O)C(C)Cl)c1C. The van der Waals surface area contributed by atoms with E-state index in [2.05, 4.69) is 6.07 Å². The number of benzene rings is 1. The van der Waals surface area contributed by atoms with Crippen LogP contribution >= 0.6 is 11.6 Å². The van der Waals surface area contributed by atoms with Gasteiger partial charge in [-0.15, -0.1) is 11.6 Å². The van der Waals surface area contributed by atoms with E-state index in [1.807, 2.05) is 43.5 Å². The highest BCUT2D eigenvalue weighted by molar-refractivity contribution is 6.33. The molecule has 0 bridgehead atoms. The summed E-state index contributed by atoms with van der Waals surface area (Å²) in [7, 11) is 1.65. The summed E-state index contributed by atoms with van der Waals surface area (Å²) in [6.07, 6.45) is 0. The minimum Gasteiger partial charge on any atom is -0.495 e. The number of nitrogens with zero attached hydrogens (tertiary/aromatic N) is 1. The summed E-state index contributed by atoms with van der Waals surface area (Å²) in [5, 5.41) is -0.529. The van der Waals surface area contributed by atoms with Crippen LogP contribution < -0.4 is 4.74 Å². The number of ether oxygens (including phenoxy) is 1. The van der Waals surface area contributed by atoms with Crippen molar-refractivity contribution < 1.29 is 9.53 Å². The molecule has 4 heteroatoms. The van der Waals surface area contributed by atoms with Gasteiger partial charge in [-0.3, -0.25) is 4.79 Å². The molecular weight excluding hydrogens is 286 g/mol. The predicted molar refractivity (Wildman–Crippen MR) is 86.2 cm³/mol. The second kappa shape index (κ2) is 5.94. The lowest BCUT2D eigenvalue weighted by Crippen LogP contribution is -2.12. The van der Waals surface area contributed by atoms with Crippen molar-refractivity contribution in [3.63, 3.8) is 0 Å². The van der Waals surface area contributed by atoms with Crippen molar-refractivity contribution >= 4 is 17.4 Å². The number of carbonyl (C=O) groups excluding carboxylic acids is 1. The minimum absolute atomic E-state index is 0.0531. The average molecular weight is 306 g/mol. The fraction of sp³-hybridized carbons (Fsp3) is 0.353. The lowest BCUT2D eigenvalue weighted by molar-refractivity contribution is 0.0991. The van der Waals surface area contributed by atoms with Crippen molar-refractivity contribution in [1.29, 1.82) is 0 Å². The summed E-state index contributed by atoms with van der Waals surface area (Å²) >= 11 is 5.94. The van der Waals surface area contributed by atoms with Gasteiger partial charge in [0, 0.05) is 17.0 Å². The van der Waals surface area contributed by atoms with Crippen molar-refractivity contribution in [2.75, 3.05) is 7.11 Å². The first-order chi connectivity index (χ1) is 9.86. The number of Topliss-reactive ketones (excluding diaryl/α,β-unsaturated/α-hetero) is 1. The number of alkyl halides is 1. The fourth-order valence-corrected chi connectivity index (χ4v) is 2.69. The van der Waals surface area contributed by atoms with E-state index < -0.39 is 5.38 Å². The Morgan fingerprint density at radius 1 is 1.24 bits per heavy atom. The van der Waals surface area contributed by atoms with Crippen LogP contribution in [0.5, 0.6) is 5.75 Å². The summed E-state index contributed by atoms with van der Waals surface area (Å²) in [5.41, 5.74) is 4.61. The molecule has 0 spiro atoms. The van der Waals surface area contributed by atoms with Crippen LogP contribution in [0.3, 0.4) is 0 Å². The maximum absolute atomic E-state index is 12.2. The Balaban J connectivity index is 2.66. The number of carbonyl (C=O) groups is 1. The number of rotatable bonds is 4. The molecule has 1 aromatic carbocycles. The highest BCUT2D eigenvalue weighted by atomic mass is 35.5. The van der Waals surface area contributed by atoms with Crippen LogP contribution in [0, 0.1) is 20.8 Å². The molecule has 1 heterocycles. The van der Waals surface area contributed by atoms with Crippen molar-refractivity contribution in [2.24, 2.45) is 0 Å². The van der Waals surface area contributed by atoms with Gasteiger partial charge in [-0.1, -0.05) is 6.07 Å². The van der Waals surface area contributed by atoms with Crippen molar-refractivity contribution in [3.05, 3.63) is 46.8 Å². The number of aryl methyl sites for hydroxylation is 2. The lowest BCUT2D eigenvalue weighted by atomic mass is 10.1. The summed E-state index contributed by atoms with van der Waals surface area (Å²) < 4.78 is 7.49. The molecule has 0 N–H and O–H groups in total. The molecule has 21 heavy (non-hydrogen) atoms. The van der Waals surface area contributed by atoms with Crippen LogP contribution in [0.2, 0.25) is 0 Å². The second-order valence-corrected chi connectivity index (χ2v) is 5.93. The Labute approximate surface area is 130 Å². The molecule has 112 valence electrons. The smallest absolute Gasteiger partial charge is 0.182 e. The zero-order valence-electron chi connectivity index (χ0n) is 13.0. The van der Waals surface area contributed by atoms with E-state index in [1.54, 1.807) is 14.0 Å². The molecule has 0 saturated heterocycles. The summed E-state index contributed by atoms with van der Waals surface area (Å²) in [6, 6.07) is 7.88. The highest BCUT2D eigenvalue weighted by Gasteiger charge is 2.21. The van der Waals surface area contributed by atoms with E-state index in [-0.39, 0.29) is 5.78 Å². The molecule has 0 aliphatic carbocycles. The van der Waals surface area contributed by atoms with E-state index >= 15 is 0 Å². The van der Waals surface area contributed by atoms with Crippen molar-refractivity contribution in [1.82, 2.24) is 4.57 Å². The third kappa shape index (κ3) is 2.84. The Kier molecular flexibility index (Phi) is 4.43. The Morgan fingerprint density at radius 2 is 1.90 bits per heavy atom. The number of hydrogen-bond acceptors (Lipinski definition) is 2. The van der Waals surface area contributed by atoms with Crippen LogP contribution in [0.15, 0.2) is 24.3 Å². The van der Waals surface area contributed by atoms with Crippen molar-refractivity contribution in [3.8, 4) is 11.4 Å². The molecule has 1 aromatic heterocycles. The zero-order valence-corrected chi connectivity index (χ0v) is 13.8. The molecule has 0 radical (unpaired) electrons. The molecule has 2 rings (SSSR count). The Hall–Kier alpha value is -1.74. The van der Waals surface area contributed by atoms with Gasteiger partial charge in [0.25, 0.3) is 0 Å². The number of hydrogen-bond donors (Lipinski definition) is 0. The second-order valence-electron chi connectivity index (χ2n) is 5.28. The first-order valence-corrected chi connectivity index (χ1v) is 7.32. The van der Waals surface area contributed by atoms with Crippen molar-refractivity contribution in [2.45, 2.75) is 33.1 Å². The summed E-state index contributed by atoms with van der Waals surface area (Å²) in [4.78, 5) is 12.2. The van der Waals surface area contributed by atoms with Gasteiger partial charge in [-0.25, -0.2) is 0 Å². The predicted octanol–water partition coefficient (Wildman–Crippen LogP) is 4.22. The third-order valence-electron chi connectivity index (χ3n) is 3.63. The Bertz CT molecular complexity index is 686. The molecule has 0 aliphatic rings. The molecular formula is C17H20ClNO2. The average Bonchev–Trinajstić information content (AvgIpc) is 2.72. The number of aromatic nitrogens is 1. The molecule has 3 nitrogen and oxygen atoms in total. The molecule has 1 unspecified atom stereocenters. The topological polar surface area (TPSA) is 31.2 Å². The van der Waals surface area contributed by atoms with Gasteiger partial charge in [0.05, 0.1) is 18.2 Å². The quantitative estimate of drug-likeness (QED) is 0.625. The van der Waals surface area contributed by atoms with Gasteiger partial charge in [0.15, 0.2) is 5.78 Å². The van der Waals surface area contributed by atoms with Gasteiger partial charge in [-0.2, -0.15) is 0 Å². The largest absolute Gasteiger partial charge is 0.495 e. The van der Waals surface area contributed by atoms with Gasteiger partial charge < -0.3 is 9.30 Å². The first kappa shape index (κ1) is 15.6. The minimum atomic E-state index is -0.529. The van der Waals surface area contributed by atoms with E-state index in [1.165, 1.54) is 0 Å². The van der Waals surface area contributed by atoms with Crippen LogP contribution in [0.1, 0.15) is 34.2 Å². The standard InChI is InChI=1S/C17H20ClNO2/c1-10-6-7-16(21-5)15(8-10)19-11(2)9-14(13(19)4)17(20)12(3)18/h6-9,12H,1-5H3. The molecule has 0 saturated carbocycles. The van der Waals surface area contributed by atoms with Crippen LogP contribution in [-0.4, -0.2) is 22.8 Å². The Morgan fingerprint density at radius 3 is 2.48 bits per heavy atom. The van der Waals surface area contributed by atoms with Crippen LogP contribution in [0.4, 0.5) is 0 Å².